The molecule has 0 bridgehead atoms. The highest BCUT2D eigenvalue weighted by atomic mass is 16.3. The lowest BCUT2D eigenvalue weighted by Gasteiger charge is -2.06. The van der Waals surface area contributed by atoms with Crippen LogP contribution in [0.1, 0.15) is 17.1 Å². The largest absolute Gasteiger partial charge is 0.465 e. The molecular weight excluding hydrogens is 164 g/mol. The molecule has 0 saturated carbocycles. The third-order valence-electron chi connectivity index (χ3n) is 1.91. The van der Waals surface area contributed by atoms with Gasteiger partial charge in [0.05, 0.1) is 6.54 Å². The van der Waals surface area contributed by atoms with Gasteiger partial charge in [-0.25, -0.2) is 0 Å². The van der Waals surface area contributed by atoms with Gasteiger partial charge in [0, 0.05) is 12.1 Å². The Morgan fingerprint density at radius 1 is 1.46 bits per heavy atom. The van der Waals surface area contributed by atoms with Crippen LogP contribution in [0.5, 0.6) is 0 Å². The fraction of sp³-hybridized carbons (Fsp3) is 0.600. The monoisotopic (exact) mass is 182 g/mol. The van der Waals surface area contributed by atoms with Gasteiger partial charge in [-0.05, 0) is 34.1 Å². The number of rotatable bonds is 4. The highest BCUT2D eigenvalue weighted by Crippen LogP contribution is 2.15. The third-order valence-corrected chi connectivity index (χ3v) is 1.91. The molecule has 74 valence electrons. The second-order valence-corrected chi connectivity index (χ2v) is 3.56. The SMILES string of the molecule is CNCc1cc(CN(C)C)c(C)o1. The Labute approximate surface area is 79.7 Å². The maximum absolute atomic E-state index is 5.57. The van der Waals surface area contributed by atoms with Crippen LogP contribution in [-0.2, 0) is 13.1 Å². The normalized spacial score (nSPS) is 11.2. The van der Waals surface area contributed by atoms with Gasteiger partial charge in [-0.2, -0.15) is 0 Å². The molecule has 1 aromatic rings. The quantitative estimate of drug-likeness (QED) is 0.762. The summed E-state index contributed by atoms with van der Waals surface area (Å²) < 4.78 is 5.57. The minimum absolute atomic E-state index is 0.800. The van der Waals surface area contributed by atoms with Crippen molar-refractivity contribution in [2.75, 3.05) is 21.1 Å². The fourth-order valence-corrected chi connectivity index (χ4v) is 1.35. The Balaban J connectivity index is 2.71. The van der Waals surface area contributed by atoms with E-state index < -0.39 is 0 Å². The molecule has 0 fully saturated rings. The molecule has 0 aliphatic heterocycles. The summed E-state index contributed by atoms with van der Waals surface area (Å²) in [6, 6.07) is 2.12. The van der Waals surface area contributed by atoms with Crippen molar-refractivity contribution in [2.45, 2.75) is 20.0 Å². The molecule has 0 radical (unpaired) electrons. The number of nitrogens with zero attached hydrogens (tertiary/aromatic N) is 1. The summed E-state index contributed by atoms with van der Waals surface area (Å²) in [5, 5.41) is 3.07. The molecular formula is C10H18N2O. The second-order valence-electron chi connectivity index (χ2n) is 3.56. The molecule has 13 heavy (non-hydrogen) atoms. The smallest absolute Gasteiger partial charge is 0.118 e. The number of aryl methyl sites for hydroxylation is 1. The summed E-state index contributed by atoms with van der Waals surface area (Å²) in [5.41, 5.74) is 1.27. The number of furan rings is 1. The van der Waals surface area contributed by atoms with E-state index in [1.807, 2.05) is 14.0 Å². The Morgan fingerprint density at radius 3 is 2.69 bits per heavy atom. The molecule has 0 aliphatic rings. The van der Waals surface area contributed by atoms with Crippen LogP contribution in [0, 0.1) is 6.92 Å². The lowest BCUT2D eigenvalue weighted by atomic mass is 10.2. The second kappa shape index (κ2) is 4.44. The predicted molar refractivity (Wildman–Crippen MR) is 53.6 cm³/mol. The minimum Gasteiger partial charge on any atom is -0.465 e. The first-order chi connectivity index (χ1) is 6.13. The lowest BCUT2D eigenvalue weighted by molar-refractivity contribution is 0.395. The molecule has 0 aliphatic carbocycles. The summed E-state index contributed by atoms with van der Waals surface area (Å²) in [7, 11) is 6.04. The Morgan fingerprint density at radius 2 is 2.15 bits per heavy atom. The summed E-state index contributed by atoms with van der Waals surface area (Å²) in [6.07, 6.45) is 0. The standard InChI is InChI=1S/C10H18N2O/c1-8-9(7-12(3)4)5-10(13-8)6-11-2/h5,11H,6-7H2,1-4H3. The molecule has 1 aromatic heterocycles. The maximum atomic E-state index is 5.57. The van der Waals surface area contributed by atoms with E-state index in [0.29, 0.717) is 0 Å². The Kier molecular flexibility index (Phi) is 3.51. The van der Waals surface area contributed by atoms with Gasteiger partial charge in [0.1, 0.15) is 11.5 Å². The summed E-state index contributed by atoms with van der Waals surface area (Å²) in [6.45, 7) is 3.76. The van der Waals surface area contributed by atoms with Crippen molar-refractivity contribution in [3.05, 3.63) is 23.2 Å². The third kappa shape index (κ3) is 2.86. The topological polar surface area (TPSA) is 28.4 Å². The van der Waals surface area contributed by atoms with Gasteiger partial charge >= 0.3 is 0 Å². The first-order valence-electron chi connectivity index (χ1n) is 4.51. The van der Waals surface area contributed by atoms with Crippen molar-refractivity contribution in [2.24, 2.45) is 0 Å². The van der Waals surface area contributed by atoms with Crippen molar-refractivity contribution >= 4 is 0 Å². The van der Waals surface area contributed by atoms with E-state index in [2.05, 4.69) is 30.4 Å². The van der Waals surface area contributed by atoms with Crippen LogP contribution in [0.25, 0.3) is 0 Å². The average molecular weight is 182 g/mol. The molecule has 0 unspecified atom stereocenters. The van der Waals surface area contributed by atoms with E-state index in [4.69, 9.17) is 4.42 Å². The van der Waals surface area contributed by atoms with Crippen molar-refractivity contribution in [3.63, 3.8) is 0 Å². The lowest BCUT2D eigenvalue weighted by Crippen LogP contribution is -2.10. The summed E-state index contributed by atoms with van der Waals surface area (Å²) in [5.74, 6) is 2.04. The van der Waals surface area contributed by atoms with Gasteiger partial charge in [0.25, 0.3) is 0 Å². The van der Waals surface area contributed by atoms with Crippen LogP contribution in [0.4, 0.5) is 0 Å². The van der Waals surface area contributed by atoms with Crippen LogP contribution in [0.2, 0.25) is 0 Å². The molecule has 0 spiro atoms. The van der Waals surface area contributed by atoms with Crippen LogP contribution in [0.15, 0.2) is 10.5 Å². The zero-order valence-corrected chi connectivity index (χ0v) is 8.85. The number of hydrogen-bond acceptors (Lipinski definition) is 3. The maximum Gasteiger partial charge on any atom is 0.118 e. The molecule has 0 saturated heterocycles. The van der Waals surface area contributed by atoms with Crippen molar-refractivity contribution in [1.82, 2.24) is 10.2 Å². The van der Waals surface area contributed by atoms with Crippen LogP contribution < -0.4 is 5.32 Å². The highest BCUT2D eigenvalue weighted by molar-refractivity contribution is 5.20. The van der Waals surface area contributed by atoms with Gasteiger partial charge < -0.3 is 14.6 Å². The van der Waals surface area contributed by atoms with Gasteiger partial charge in [-0.15, -0.1) is 0 Å². The molecule has 0 atom stereocenters. The minimum atomic E-state index is 0.800. The van der Waals surface area contributed by atoms with E-state index in [1.165, 1.54) is 5.56 Å². The van der Waals surface area contributed by atoms with E-state index in [1.54, 1.807) is 0 Å². The highest BCUT2D eigenvalue weighted by Gasteiger charge is 2.06. The molecule has 0 aromatic carbocycles. The number of hydrogen-bond donors (Lipinski definition) is 1. The van der Waals surface area contributed by atoms with Crippen LogP contribution in [0.3, 0.4) is 0 Å². The summed E-state index contributed by atoms with van der Waals surface area (Å²) >= 11 is 0. The first kappa shape index (κ1) is 10.3. The van der Waals surface area contributed by atoms with Gasteiger partial charge in [-0.1, -0.05) is 0 Å². The Hall–Kier alpha value is -0.800. The number of nitrogens with one attached hydrogen (secondary N) is 1. The van der Waals surface area contributed by atoms with Crippen molar-refractivity contribution < 1.29 is 4.42 Å². The Bertz CT molecular complexity index is 266. The molecule has 3 heteroatoms. The van der Waals surface area contributed by atoms with Crippen molar-refractivity contribution in [3.8, 4) is 0 Å². The summed E-state index contributed by atoms with van der Waals surface area (Å²) in [4.78, 5) is 2.14. The van der Waals surface area contributed by atoms with E-state index in [0.717, 1.165) is 24.6 Å². The van der Waals surface area contributed by atoms with E-state index >= 15 is 0 Å². The van der Waals surface area contributed by atoms with E-state index in [9.17, 15) is 0 Å². The van der Waals surface area contributed by atoms with Crippen LogP contribution in [-0.4, -0.2) is 26.0 Å². The van der Waals surface area contributed by atoms with Gasteiger partial charge in [-0.3, -0.25) is 0 Å². The van der Waals surface area contributed by atoms with E-state index in [-0.39, 0.29) is 0 Å². The first-order valence-corrected chi connectivity index (χ1v) is 4.51. The zero-order chi connectivity index (χ0) is 9.84. The molecule has 3 nitrogen and oxygen atoms in total. The average Bonchev–Trinajstić information content (AvgIpc) is 2.31. The van der Waals surface area contributed by atoms with Gasteiger partial charge in [0.15, 0.2) is 0 Å². The predicted octanol–water partition coefficient (Wildman–Crippen LogP) is 1.37. The molecule has 1 N–H and O–H groups in total. The molecule has 0 amide bonds. The molecule has 1 heterocycles. The fourth-order valence-electron chi connectivity index (χ4n) is 1.35. The van der Waals surface area contributed by atoms with Crippen LogP contribution >= 0.6 is 0 Å². The van der Waals surface area contributed by atoms with Gasteiger partial charge in [0.2, 0.25) is 0 Å². The van der Waals surface area contributed by atoms with Crippen molar-refractivity contribution in [1.29, 1.82) is 0 Å². The molecule has 1 rings (SSSR count). The zero-order valence-electron chi connectivity index (χ0n) is 8.85.